The van der Waals surface area contributed by atoms with Crippen molar-refractivity contribution in [1.29, 1.82) is 0 Å². The fraction of sp³-hybridized carbons (Fsp3) is 0.278. The van der Waals surface area contributed by atoms with Crippen molar-refractivity contribution in [2.75, 3.05) is 35.6 Å². The average Bonchev–Trinajstić information content (AvgIpc) is 2.65. The van der Waals surface area contributed by atoms with Gasteiger partial charge in [0.15, 0.2) is 0 Å². The van der Waals surface area contributed by atoms with Gasteiger partial charge in [0.05, 0.1) is 12.1 Å². The molecule has 9 heteroatoms. The summed E-state index contributed by atoms with van der Waals surface area (Å²) in [5.74, 6) is 1.34. The van der Waals surface area contributed by atoms with Gasteiger partial charge in [-0.3, -0.25) is 4.79 Å². The zero-order valence-corrected chi connectivity index (χ0v) is 14.9. The number of carbonyl (C=O) groups is 1. The lowest BCUT2D eigenvalue weighted by Crippen LogP contribution is -2.48. The number of aryl methyl sites for hydroxylation is 1. The van der Waals surface area contributed by atoms with Crippen LogP contribution in [0.25, 0.3) is 10.9 Å². The van der Waals surface area contributed by atoms with E-state index in [1.807, 2.05) is 24.0 Å². The van der Waals surface area contributed by atoms with Crippen LogP contribution in [0.3, 0.4) is 0 Å². The van der Waals surface area contributed by atoms with Crippen LogP contribution < -0.4 is 21.3 Å². The topological polar surface area (TPSA) is 122 Å². The summed E-state index contributed by atoms with van der Waals surface area (Å²) in [7, 11) is 0. The van der Waals surface area contributed by atoms with Crippen LogP contribution in [0.4, 0.5) is 17.7 Å². The maximum absolute atomic E-state index is 11.8. The van der Waals surface area contributed by atoms with Gasteiger partial charge in [0.2, 0.25) is 17.8 Å². The maximum atomic E-state index is 11.8. The van der Waals surface area contributed by atoms with Gasteiger partial charge in [-0.15, -0.1) is 0 Å². The van der Waals surface area contributed by atoms with E-state index in [1.54, 1.807) is 0 Å². The lowest BCUT2D eigenvalue weighted by Gasteiger charge is -2.29. The zero-order chi connectivity index (χ0) is 18.8. The van der Waals surface area contributed by atoms with Gasteiger partial charge in [0, 0.05) is 30.6 Å². The highest BCUT2D eigenvalue weighted by Crippen LogP contribution is 2.25. The molecule has 9 nitrogen and oxygen atoms in total. The molecule has 1 saturated heterocycles. The minimum absolute atomic E-state index is 0.00352. The summed E-state index contributed by atoms with van der Waals surface area (Å²) in [5, 5.41) is 7.06. The second kappa shape index (κ2) is 7.02. The average molecular weight is 364 g/mol. The summed E-state index contributed by atoms with van der Waals surface area (Å²) in [5.41, 5.74) is 8.64. The van der Waals surface area contributed by atoms with Gasteiger partial charge in [-0.1, -0.05) is 11.6 Å². The van der Waals surface area contributed by atoms with Crippen LogP contribution in [0.2, 0.25) is 0 Å². The Morgan fingerprint density at radius 1 is 1.26 bits per heavy atom. The monoisotopic (exact) mass is 364 g/mol. The molecule has 4 rings (SSSR count). The number of pyridine rings is 1. The number of nitrogen functional groups attached to an aromatic ring is 1. The van der Waals surface area contributed by atoms with Crippen molar-refractivity contribution in [3.63, 3.8) is 0 Å². The van der Waals surface area contributed by atoms with Gasteiger partial charge < -0.3 is 21.3 Å². The lowest BCUT2D eigenvalue weighted by atomic mass is 10.1. The Balaban J connectivity index is 1.70. The Labute approximate surface area is 156 Å². The Morgan fingerprint density at radius 3 is 2.96 bits per heavy atom. The third kappa shape index (κ3) is 3.71. The van der Waals surface area contributed by atoms with Crippen molar-refractivity contribution in [3.05, 3.63) is 41.7 Å². The first-order valence-corrected chi connectivity index (χ1v) is 8.69. The van der Waals surface area contributed by atoms with E-state index in [4.69, 9.17) is 10.7 Å². The molecule has 1 fully saturated rings. The molecule has 138 valence electrons. The summed E-state index contributed by atoms with van der Waals surface area (Å²) < 4.78 is 0. The molecule has 0 spiro atoms. The second-order valence-electron chi connectivity index (χ2n) is 6.46. The van der Waals surface area contributed by atoms with Crippen molar-refractivity contribution in [3.8, 4) is 0 Å². The number of anilines is 3. The zero-order valence-electron chi connectivity index (χ0n) is 14.9. The van der Waals surface area contributed by atoms with Crippen molar-refractivity contribution in [2.24, 2.45) is 0 Å². The highest BCUT2D eigenvalue weighted by molar-refractivity contribution is 5.86. The first-order chi connectivity index (χ1) is 13.1. The number of benzene rings is 1. The molecule has 4 N–H and O–H groups in total. The summed E-state index contributed by atoms with van der Waals surface area (Å²) in [6.45, 7) is 4.10. The highest BCUT2D eigenvalue weighted by atomic mass is 16.2. The first-order valence-electron chi connectivity index (χ1n) is 8.69. The largest absolute Gasteiger partial charge is 0.368 e. The number of amides is 1. The fourth-order valence-electron chi connectivity index (χ4n) is 3.12. The number of carbonyl (C=O) groups excluding carboxylic acids is 1. The SMILES string of the molecule is Cc1ccc2nc(N3CCNC(=O)C3)c(CNc3ncnc(N)n3)cc2c1. The number of piperazine rings is 1. The molecular weight excluding hydrogens is 344 g/mol. The van der Waals surface area contributed by atoms with Gasteiger partial charge in [0.1, 0.15) is 12.1 Å². The van der Waals surface area contributed by atoms with Crippen molar-refractivity contribution in [2.45, 2.75) is 13.5 Å². The van der Waals surface area contributed by atoms with E-state index < -0.39 is 0 Å². The Kier molecular flexibility index (Phi) is 4.41. The van der Waals surface area contributed by atoms with Crippen LogP contribution in [0.1, 0.15) is 11.1 Å². The highest BCUT2D eigenvalue weighted by Gasteiger charge is 2.21. The molecule has 1 aliphatic rings. The molecule has 0 atom stereocenters. The third-order valence-corrected chi connectivity index (χ3v) is 4.39. The smallest absolute Gasteiger partial charge is 0.239 e. The molecule has 3 aromatic rings. The van der Waals surface area contributed by atoms with Crippen LogP contribution in [-0.2, 0) is 11.3 Å². The summed E-state index contributed by atoms with van der Waals surface area (Å²) >= 11 is 0. The van der Waals surface area contributed by atoms with E-state index >= 15 is 0 Å². The molecule has 1 aliphatic heterocycles. The van der Waals surface area contributed by atoms with Crippen LogP contribution in [0, 0.1) is 6.92 Å². The van der Waals surface area contributed by atoms with Crippen LogP contribution in [-0.4, -0.2) is 45.5 Å². The standard InChI is InChI=1S/C18H20N8O/c1-11-2-3-14-12(6-11)7-13(8-21-18-23-10-22-17(19)25-18)16(24-14)26-5-4-20-15(27)9-26/h2-3,6-7,10H,4-5,8-9H2,1H3,(H,20,27)(H3,19,21,22,23,25). The number of hydrogen-bond acceptors (Lipinski definition) is 8. The molecule has 0 aliphatic carbocycles. The summed E-state index contributed by atoms with van der Waals surface area (Å²) in [4.78, 5) is 30.6. The van der Waals surface area contributed by atoms with Crippen molar-refractivity contribution < 1.29 is 4.79 Å². The summed E-state index contributed by atoms with van der Waals surface area (Å²) in [6, 6.07) is 8.23. The molecule has 0 radical (unpaired) electrons. The third-order valence-electron chi connectivity index (χ3n) is 4.39. The van der Waals surface area contributed by atoms with Gasteiger partial charge in [-0.2, -0.15) is 4.98 Å². The number of nitrogens with one attached hydrogen (secondary N) is 2. The molecule has 3 heterocycles. The number of hydrogen-bond donors (Lipinski definition) is 3. The minimum atomic E-state index is -0.00352. The van der Waals surface area contributed by atoms with E-state index in [0.717, 1.165) is 22.3 Å². The minimum Gasteiger partial charge on any atom is -0.368 e. The van der Waals surface area contributed by atoms with Crippen LogP contribution in [0.5, 0.6) is 0 Å². The van der Waals surface area contributed by atoms with Gasteiger partial charge in [-0.25, -0.2) is 15.0 Å². The van der Waals surface area contributed by atoms with E-state index in [9.17, 15) is 4.79 Å². The van der Waals surface area contributed by atoms with Crippen molar-refractivity contribution >= 4 is 34.5 Å². The summed E-state index contributed by atoms with van der Waals surface area (Å²) in [6.07, 6.45) is 1.36. The molecule has 0 unspecified atom stereocenters. The number of nitrogens with two attached hydrogens (primary N) is 1. The van der Waals surface area contributed by atoms with Crippen LogP contribution >= 0.6 is 0 Å². The predicted octanol–water partition coefficient (Wildman–Crippen LogP) is 0.859. The number of aromatic nitrogens is 4. The van der Waals surface area contributed by atoms with Crippen molar-refractivity contribution in [1.82, 2.24) is 25.3 Å². The maximum Gasteiger partial charge on any atom is 0.239 e. The molecule has 1 amide bonds. The van der Waals surface area contributed by atoms with E-state index in [2.05, 4.69) is 37.7 Å². The first kappa shape index (κ1) is 17.0. The second-order valence-corrected chi connectivity index (χ2v) is 6.46. The van der Waals surface area contributed by atoms with Gasteiger partial charge >= 0.3 is 0 Å². The molecule has 0 saturated carbocycles. The fourth-order valence-corrected chi connectivity index (χ4v) is 3.12. The molecule has 1 aromatic carbocycles. The van der Waals surface area contributed by atoms with E-state index in [1.165, 1.54) is 11.9 Å². The van der Waals surface area contributed by atoms with Gasteiger partial charge in [-0.05, 0) is 25.1 Å². The quantitative estimate of drug-likeness (QED) is 0.623. The van der Waals surface area contributed by atoms with Gasteiger partial charge in [0.25, 0.3) is 0 Å². The molecule has 0 bridgehead atoms. The molecular formula is C18H20N8O. The Morgan fingerprint density at radius 2 is 2.15 bits per heavy atom. The molecule has 2 aromatic heterocycles. The van der Waals surface area contributed by atoms with E-state index in [-0.39, 0.29) is 18.4 Å². The number of nitrogens with zero attached hydrogens (tertiary/aromatic N) is 5. The number of fused-ring (bicyclic) bond motifs is 1. The number of rotatable bonds is 4. The lowest BCUT2D eigenvalue weighted by molar-refractivity contribution is -0.120. The van der Waals surface area contributed by atoms with Crippen LogP contribution in [0.15, 0.2) is 30.6 Å². The molecule has 27 heavy (non-hydrogen) atoms. The normalized spacial score (nSPS) is 14.3. The Hall–Kier alpha value is -3.49. The van der Waals surface area contributed by atoms with E-state index in [0.29, 0.717) is 25.6 Å². The predicted molar refractivity (Wildman–Crippen MR) is 103 cm³/mol. The Bertz CT molecular complexity index is 1010.